The number of likely N-dealkylation sites (tertiary alicyclic amines) is 1. The van der Waals surface area contributed by atoms with Gasteiger partial charge in [0.1, 0.15) is 6.61 Å². The molecule has 0 unspecified atom stereocenters. The largest absolute Gasteiger partial charge is 0.480 e. The quantitative estimate of drug-likeness (QED) is 0.801. The predicted octanol–water partition coefficient (Wildman–Crippen LogP) is 1.09. The minimum Gasteiger partial charge on any atom is -0.480 e. The summed E-state index contributed by atoms with van der Waals surface area (Å²) < 4.78 is 10.5. The Balaban J connectivity index is 1.72. The van der Waals surface area contributed by atoms with Crippen molar-refractivity contribution in [3.63, 3.8) is 0 Å². The highest BCUT2D eigenvalue weighted by Gasteiger charge is 2.21. The van der Waals surface area contributed by atoms with Gasteiger partial charge in [-0.25, -0.2) is 4.79 Å². The fourth-order valence-corrected chi connectivity index (χ4v) is 2.29. The summed E-state index contributed by atoms with van der Waals surface area (Å²) in [7, 11) is 0. The molecule has 0 radical (unpaired) electrons. The second-order valence-electron chi connectivity index (χ2n) is 5.03. The summed E-state index contributed by atoms with van der Waals surface area (Å²) in [5, 5.41) is 12.5. The Bertz CT molecular complexity index is 427. The molecule has 2 rings (SSSR count). The average Bonchev–Trinajstić information content (AvgIpc) is 2.86. The Labute approximate surface area is 117 Å². The summed E-state index contributed by atoms with van der Waals surface area (Å²) in [6.45, 7) is 4.24. The van der Waals surface area contributed by atoms with E-state index in [4.69, 9.17) is 14.4 Å². The van der Waals surface area contributed by atoms with Gasteiger partial charge in [-0.15, -0.1) is 0 Å². The molecule has 0 aliphatic carbocycles. The van der Waals surface area contributed by atoms with Crippen molar-refractivity contribution in [2.75, 3.05) is 19.7 Å². The van der Waals surface area contributed by atoms with Crippen LogP contribution in [0, 0.1) is 0 Å². The van der Waals surface area contributed by atoms with Gasteiger partial charge in [-0.05, 0) is 19.3 Å². The SMILES string of the molecule is CCCc1noc(CN2CCC(OCC(=O)O)CC2)n1. The normalized spacial score (nSPS) is 17.4. The summed E-state index contributed by atoms with van der Waals surface area (Å²) >= 11 is 0. The molecule has 7 nitrogen and oxygen atoms in total. The van der Waals surface area contributed by atoms with E-state index in [0.717, 1.165) is 44.6 Å². The molecule has 1 aromatic rings. The van der Waals surface area contributed by atoms with E-state index in [9.17, 15) is 4.79 Å². The van der Waals surface area contributed by atoms with Gasteiger partial charge in [0.05, 0.1) is 12.6 Å². The lowest BCUT2D eigenvalue weighted by Crippen LogP contribution is -2.37. The number of carboxylic acids is 1. The van der Waals surface area contributed by atoms with Gasteiger partial charge in [-0.2, -0.15) is 4.98 Å². The molecule has 1 fully saturated rings. The fourth-order valence-electron chi connectivity index (χ4n) is 2.29. The summed E-state index contributed by atoms with van der Waals surface area (Å²) in [4.78, 5) is 17.0. The van der Waals surface area contributed by atoms with Gasteiger partial charge in [-0.3, -0.25) is 4.90 Å². The first-order chi connectivity index (χ1) is 9.67. The molecule has 0 saturated carbocycles. The topological polar surface area (TPSA) is 88.7 Å². The zero-order chi connectivity index (χ0) is 14.4. The highest BCUT2D eigenvalue weighted by Crippen LogP contribution is 2.15. The van der Waals surface area contributed by atoms with Crippen LogP contribution < -0.4 is 0 Å². The Morgan fingerprint density at radius 2 is 2.25 bits per heavy atom. The van der Waals surface area contributed by atoms with Crippen LogP contribution in [-0.2, 0) is 22.5 Å². The van der Waals surface area contributed by atoms with Gasteiger partial charge in [0.15, 0.2) is 5.82 Å². The summed E-state index contributed by atoms with van der Waals surface area (Å²) in [6.07, 6.45) is 3.56. The van der Waals surface area contributed by atoms with Crippen molar-refractivity contribution in [1.82, 2.24) is 15.0 Å². The standard InChI is InChI=1S/C13H21N3O4/c1-2-3-11-14-12(20-15-11)8-16-6-4-10(5-7-16)19-9-13(17)18/h10H,2-9H2,1H3,(H,17,18). The first kappa shape index (κ1) is 14.9. The van der Waals surface area contributed by atoms with E-state index in [0.29, 0.717) is 12.4 Å². The number of aryl methyl sites for hydroxylation is 1. The molecule has 0 spiro atoms. The number of aliphatic carboxylic acids is 1. The van der Waals surface area contributed by atoms with Gasteiger partial charge >= 0.3 is 5.97 Å². The molecule has 1 aliphatic rings. The Hall–Kier alpha value is -1.47. The van der Waals surface area contributed by atoms with Gasteiger partial charge in [-0.1, -0.05) is 12.1 Å². The van der Waals surface area contributed by atoms with Gasteiger partial charge in [0.25, 0.3) is 0 Å². The number of nitrogens with zero attached hydrogens (tertiary/aromatic N) is 3. The van der Waals surface area contributed by atoms with Crippen LogP contribution in [0.25, 0.3) is 0 Å². The minimum atomic E-state index is -0.915. The number of aromatic nitrogens is 2. The third-order valence-electron chi connectivity index (χ3n) is 3.32. The van der Waals surface area contributed by atoms with Crippen LogP contribution in [0.5, 0.6) is 0 Å². The molecule has 20 heavy (non-hydrogen) atoms. The van der Waals surface area contributed by atoms with E-state index < -0.39 is 5.97 Å². The second kappa shape index (κ2) is 7.35. The highest BCUT2D eigenvalue weighted by molar-refractivity contribution is 5.68. The van der Waals surface area contributed by atoms with Crippen molar-refractivity contribution in [2.24, 2.45) is 0 Å². The lowest BCUT2D eigenvalue weighted by atomic mass is 10.1. The summed E-state index contributed by atoms with van der Waals surface area (Å²) in [5.74, 6) is 0.502. The monoisotopic (exact) mass is 283 g/mol. The van der Waals surface area contributed by atoms with Gasteiger partial charge in [0.2, 0.25) is 5.89 Å². The molecule has 112 valence electrons. The smallest absolute Gasteiger partial charge is 0.329 e. The maximum Gasteiger partial charge on any atom is 0.329 e. The fraction of sp³-hybridized carbons (Fsp3) is 0.769. The van der Waals surface area contributed by atoms with Crippen LogP contribution in [0.4, 0.5) is 0 Å². The molecule has 0 bridgehead atoms. The molecule has 1 aromatic heterocycles. The van der Waals surface area contributed by atoms with Crippen molar-refractivity contribution >= 4 is 5.97 Å². The van der Waals surface area contributed by atoms with Crippen molar-refractivity contribution in [3.8, 4) is 0 Å². The average molecular weight is 283 g/mol. The molecule has 1 N–H and O–H groups in total. The lowest BCUT2D eigenvalue weighted by Gasteiger charge is -2.30. The first-order valence-electron chi connectivity index (χ1n) is 7.04. The van der Waals surface area contributed by atoms with E-state index in [1.807, 2.05) is 0 Å². The van der Waals surface area contributed by atoms with Crippen LogP contribution >= 0.6 is 0 Å². The molecule has 1 aliphatic heterocycles. The molecule has 0 amide bonds. The van der Waals surface area contributed by atoms with Crippen molar-refractivity contribution < 1.29 is 19.2 Å². The van der Waals surface area contributed by atoms with Crippen molar-refractivity contribution in [3.05, 3.63) is 11.7 Å². The predicted molar refractivity (Wildman–Crippen MR) is 70.2 cm³/mol. The molecular weight excluding hydrogens is 262 g/mol. The van der Waals surface area contributed by atoms with Crippen LogP contribution in [0.2, 0.25) is 0 Å². The van der Waals surface area contributed by atoms with Crippen LogP contribution in [-0.4, -0.2) is 51.9 Å². The third-order valence-corrected chi connectivity index (χ3v) is 3.32. The van der Waals surface area contributed by atoms with Gasteiger partial charge in [0, 0.05) is 19.5 Å². The zero-order valence-corrected chi connectivity index (χ0v) is 11.7. The van der Waals surface area contributed by atoms with Crippen LogP contribution in [0.1, 0.15) is 37.9 Å². The molecule has 0 atom stereocenters. The summed E-state index contributed by atoms with van der Waals surface area (Å²) in [5.41, 5.74) is 0. The molecular formula is C13H21N3O4. The van der Waals surface area contributed by atoms with Crippen molar-refractivity contribution in [1.29, 1.82) is 0 Å². The van der Waals surface area contributed by atoms with Crippen molar-refractivity contribution in [2.45, 2.75) is 45.3 Å². The number of hydrogen-bond donors (Lipinski definition) is 1. The molecule has 7 heteroatoms. The van der Waals surface area contributed by atoms with Gasteiger partial charge < -0.3 is 14.4 Å². The van der Waals surface area contributed by atoms with E-state index in [2.05, 4.69) is 22.0 Å². The molecule has 2 heterocycles. The Morgan fingerprint density at radius 1 is 1.50 bits per heavy atom. The number of piperidine rings is 1. The van der Waals surface area contributed by atoms with Crippen LogP contribution in [0.3, 0.4) is 0 Å². The number of carboxylic acid groups (broad SMARTS) is 1. The maximum absolute atomic E-state index is 10.4. The number of ether oxygens (including phenoxy) is 1. The van der Waals surface area contributed by atoms with E-state index in [1.165, 1.54) is 0 Å². The highest BCUT2D eigenvalue weighted by atomic mass is 16.5. The van der Waals surface area contributed by atoms with E-state index in [-0.39, 0.29) is 12.7 Å². The van der Waals surface area contributed by atoms with Crippen LogP contribution in [0.15, 0.2) is 4.52 Å². The number of carbonyl (C=O) groups is 1. The minimum absolute atomic E-state index is 0.0423. The first-order valence-corrected chi connectivity index (χ1v) is 7.04. The lowest BCUT2D eigenvalue weighted by molar-refractivity contribution is -0.145. The Kier molecular flexibility index (Phi) is 5.49. The number of hydrogen-bond acceptors (Lipinski definition) is 6. The number of rotatable bonds is 7. The Morgan fingerprint density at radius 3 is 2.90 bits per heavy atom. The molecule has 1 saturated heterocycles. The third kappa shape index (κ3) is 4.57. The van der Waals surface area contributed by atoms with E-state index >= 15 is 0 Å². The summed E-state index contributed by atoms with van der Waals surface area (Å²) in [6, 6.07) is 0. The maximum atomic E-state index is 10.4. The molecule has 0 aromatic carbocycles. The van der Waals surface area contributed by atoms with E-state index in [1.54, 1.807) is 0 Å². The second-order valence-corrected chi connectivity index (χ2v) is 5.03. The zero-order valence-electron chi connectivity index (χ0n) is 11.7.